The van der Waals surface area contributed by atoms with Crippen LogP contribution in [0.15, 0.2) is 0 Å². The monoisotopic (exact) mass is 462 g/mol. The van der Waals surface area contributed by atoms with Crippen molar-refractivity contribution in [3.63, 3.8) is 0 Å². The highest BCUT2D eigenvalue weighted by Gasteiger charge is 2.31. The molecule has 5 unspecified atom stereocenters. The van der Waals surface area contributed by atoms with Gasteiger partial charge in [0.2, 0.25) is 17.7 Å². The zero-order valence-electron chi connectivity index (χ0n) is 18.3. The van der Waals surface area contributed by atoms with Gasteiger partial charge in [0, 0.05) is 6.42 Å². The number of carbonyl (C=O) groups is 5. The van der Waals surface area contributed by atoms with Crippen LogP contribution in [0.3, 0.4) is 0 Å². The topological polar surface area (TPSA) is 188 Å². The van der Waals surface area contributed by atoms with Gasteiger partial charge in [-0.3, -0.25) is 19.2 Å². The Kier molecular flexibility index (Phi) is 13.5. The third kappa shape index (κ3) is 11.0. The molecule has 0 spiro atoms. The van der Waals surface area contributed by atoms with Crippen molar-refractivity contribution in [2.45, 2.75) is 70.6 Å². The molecule has 0 aromatic heterocycles. The molecule has 0 rings (SSSR count). The molecule has 0 aliphatic carbocycles. The largest absolute Gasteiger partial charge is 0.481 e. The Balaban J connectivity index is 5.17. The molecule has 0 heterocycles. The third-order valence-electron chi connectivity index (χ3n) is 4.78. The Hall–Kier alpha value is -2.34. The van der Waals surface area contributed by atoms with Gasteiger partial charge in [-0.2, -0.15) is 11.8 Å². The van der Waals surface area contributed by atoms with Crippen LogP contribution in [0.1, 0.15) is 46.5 Å². The molecular weight excluding hydrogens is 428 g/mol. The van der Waals surface area contributed by atoms with E-state index in [9.17, 15) is 29.1 Å². The minimum Gasteiger partial charge on any atom is -0.481 e. The maximum atomic E-state index is 12.6. The molecule has 0 radical (unpaired) electrons. The van der Waals surface area contributed by atoms with Crippen LogP contribution in [0.2, 0.25) is 0 Å². The van der Waals surface area contributed by atoms with Gasteiger partial charge in [0.25, 0.3) is 0 Å². The van der Waals surface area contributed by atoms with E-state index in [1.165, 1.54) is 18.7 Å². The fraction of sp³-hybridized carbons (Fsp3) is 0.737. The molecule has 178 valence electrons. The second kappa shape index (κ2) is 14.6. The number of amides is 3. The molecule has 0 saturated carbocycles. The zero-order chi connectivity index (χ0) is 24.1. The predicted molar refractivity (Wildman–Crippen MR) is 116 cm³/mol. The number of aliphatic carboxylic acids is 2. The number of hydrogen-bond donors (Lipinski definition) is 6. The summed E-state index contributed by atoms with van der Waals surface area (Å²) in [5.74, 6) is -4.16. The summed E-state index contributed by atoms with van der Waals surface area (Å²) < 4.78 is 0. The van der Waals surface area contributed by atoms with E-state index in [0.717, 1.165) is 0 Å². The summed E-state index contributed by atoms with van der Waals surface area (Å²) in [5, 5.41) is 25.5. The summed E-state index contributed by atoms with van der Waals surface area (Å²) in [4.78, 5) is 59.5. The first kappa shape index (κ1) is 28.7. The highest BCUT2D eigenvalue weighted by Crippen LogP contribution is 2.09. The Morgan fingerprint density at radius 2 is 1.55 bits per heavy atom. The fourth-order valence-corrected chi connectivity index (χ4v) is 3.02. The Labute approximate surface area is 186 Å². The van der Waals surface area contributed by atoms with Crippen LogP contribution in [0.4, 0.5) is 0 Å². The van der Waals surface area contributed by atoms with Crippen molar-refractivity contribution in [2.75, 3.05) is 12.0 Å². The molecule has 0 saturated heterocycles. The molecule has 0 aromatic carbocycles. The van der Waals surface area contributed by atoms with Crippen LogP contribution in [-0.4, -0.2) is 76.0 Å². The Morgan fingerprint density at radius 1 is 0.935 bits per heavy atom. The second-order valence-corrected chi connectivity index (χ2v) is 8.31. The second-order valence-electron chi connectivity index (χ2n) is 7.32. The van der Waals surface area contributed by atoms with Crippen molar-refractivity contribution < 1.29 is 34.2 Å². The van der Waals surface area contributed by atoms with Crippen LogP contribution in [-0.2, 0) is 24.0 Å². The van der Waals surface area contributed by atoms with Crippen LogP contribution in [0, 0.1) is 5.92 Å². The van der Waals surface area contributed by atoms with E-state index in [1.807, 2.05) is 6.26 Å². The molecule has 0 fully saturated rings. The summed E-state index contributed by atoms with van der Waals surface area (Å²) in [5.41, 5.74) is 5.76. The number of nitrogens with one attached hydrogen (secondary N) is 3. The lowest BCUT2D eigenvalue weighted by molar-refractivity contribution is -0.144. The van der Waals surface area contributed by atoms with Gasteiger partial charge in [0.1, 0.15) is 18.1 Å². The molecule has 11 nitrogen and oxygen atoms in total. The highest BCUT2D eigenvalue weighted by molar-refractivity contribution is 7.98. The van der Waals surface area contributed by atoms with Gasteiger partial charge in [0.15, 0.2) is 0 Å². The van der Waals surface area contributed by atoms with E-state index in [4.69, 9.17) is 10.8 Å². The fourth-order valence-electron chi connectivity index (χ4n) is 2.53. The van der Waals surface area contributed by atoms with Crippen molar-refractivity contribution >= 4 is 41.4 Å². The normalized spacial score (nSPS) is 15.6. The van der Waals surface area contributed by atoms with E-state index in [1.54, 1.807) is 13.8 Å². The van der Waals surface area contributed by atoms with Gasteiger partial charge in [-0.15, -0.1) is 0 Å². The first-order valence-electron chi connectivity index (χ1n) is 10.0. The van der Waals surface area contributed by atoms with Gasteiger partial charge in [-0.1, -0.05) is 20.3 Å². The lowest BCUT2D eigenvalue weighted by atomic mass is 9.98. The average molecular weight is 463 g/mol. The first-order chi connectivity index (χ1) is 14.4. The molecule has 31 heavy (non-hydrogen) atoms. The standard InChI is InChI=1S/C19H34N4O7S/c1-5-10(2)15(19(29)30)23-18(28)13(6-7-14(24)25)22-16(26)11(3)21-17(27)12(20)8-9-31-4/h10-13,15H,5-9,20H2,1-4H3,(H,21,27)(H,22,26)(H,23,28)(H,24,25)(H,29,30). The van der Waals surface area contributed by atoms with Crippen LogP contribution in [0.5, 0.6) is 0 Å². The number of hydrogen-bond acceptors (Lipinski definition) is 7. The van der Waals surface area contributed by atoms with E-state index in [2.05, 4.69) is 16.0 Å². The van der Waals surface area contributed by atoms with Crippen molar-refractivity contribution in [2.24, 2.45) is 11.7 Å². The highest BCUT2D eigenvalue weighted by atomic mass is 32.2. The van der Waals surface area contributed by atoms with E-state index >= 15 is 0 Å². The van der Waals surface area contributed by atoms with Crippen molar-refractivity contribution in [3.8, 4) is 0 Å². The van der Waals surface area contributed by atoms with E-state index in [-0.39, 0.29) is 12.3 Å². The summed E-state index contributed by atoms with van der Waals surface area (Å²) in [6.45, 7) is 4.83. The lowest BCUT2D eigenvalue weighted by Gasteiger charge is -2.25. The summed E-state index contributed by atoms with van der Waals surface area (Å²) in [6.07, 6.45) is 2.13. The lowest BCUT2D eigenvalue weighted by Crippen LogP contribution is -2.57. The number of nitrogens with two attached hydrogens (primary N) is 1. The third-order valence-corrected chi connectivity index (χ3v) is 5.42. The first-order valence-corrected chi connectivity index (χ1v) is 11.4. The van der Waals surface area contributed by atoms with Gasteiger partial charge in [0.05, 0.1) is 6.04 Å². The molecule has 3 amide bonds. The van der Waals surface area contributed by atoms with Crippen molar-refractivity contribution in [3.05, 3.63) is 0 Å². The number of carbonyl (C=O) groups excluding carboxylic acids is 3. The molecule has 5 atom stereocenters. The molecule has 12 heteroatoms. The van der Waals surface area contributed by atoms with Crippen molar-refractivity contribution in [1.82, 2.24) is 16.0 Å². The predicted octanol–water partition coefficient (Wildman–Crippen LogP) is -0.463. The van der Waals surface area contributed by atoms with Gasteiger partial charge in [-0.05, 0) is 37.7 Å². The summed E-state index contributed by atoms with van der Waals surface area (Å²) in [6, 6.07) is -4.29. The maximum absolute atomic E-state index is 12.6. The quantitative estimate of drug-likeness (QED) is 0.187. The minimum absolute atomic E-state index is 0.242. The Bertz CT molecular complexity index is 647. The number of rotatable bonds is 15. The van der Waals surface area contributed by atoms with Gasteiger partial charge < -0.3 is 31.9 Å². The number of thioether (sulfide) groups is 1. The molecule has 7 N–H and O–H groups in total. The Morgan fingerprint density at radius 3 is 2.03 bits per heavy atom. The summed E-state index contributed by atoms with van der Waals surface area (Å²) in [7, 11) is 0. The van der Waals surface area contributed by atoms with E-state index in [0.29, 0.717) is 18.6 Å². The summed E-state index contributed by atoms with van der Waals surface area (Å²) >= 11 is 1.53. The molecule has 0 aromatic rings. The molecular formula is C19H34N4O7S. The number of carboxylic acids is 2. The molecule has 0 aliphatic heterocycles. The van der Waals surface area contributed by atoms with Crippen LogP contribution in [0.25, 0.3) is 0 Å². The van der Waals surface area contributed by atoms with Gasteiger partial charge >= 0.3 is 11.9 Å². The van der Waals surface area contributed by atoms with Crippen molar-refractivity contribution in [1.29, 1.82) is 0 Å². The number of carboxylic acid groups (broad SMARTS) is 2. The molecule has 0 aliphatic rings. The maximum Gasteiger partial charge on any atom is 0.326 e. The molecule has 0 bridgehead atoms. The average Bonchev–Trinajstić information content (AvgIpc) is 2.71. The minimum atomic E-state index is -1.28. The van der Waals surface area contributed by atoms with Crippen LogP contribution < -0.4 is 21.7 Å². The SMILES string of the molecule is CCC(C)C(NC(=O)C(CCC(=O)O)NC(=O)C(C)NC(=O)C(N)CCSC)C(=O)O. The van der Waals surface area contributed by atoms with E-state index < -0.39 is 60.2 Å². The van der Waals surface area contributed by atoms with Crippen LogP contribution >= 0.6 is 11.8 Å². The van der Waals surface area contributed by atoms with Gasteiger partial charge in [-0.25, -0.2) is 4.79 Å². The zero-order valence-corrected chi connectivity index (χ0v) is 19.2. The smallest absolute Gasteiger partial charge is 0.326 e.